The van der Waals surface area contributed by atoms with Crippen LogP contribution in [0.25, 0.3) is 0 Å². The quantitative estimate of drug-likeness (QED) is 0.342. The van der Waals surface area contributed by atoms with Gasteiger partial charge in [0, 0.05) is 18.3 Å². The van der Waals surface area contributed by atoms with Crippen LogP contribution in [0.5, 0.6) is 11.5 Å². The number of carbonyl (C=O) groups is 3. The lowest BCUT2D eigenvalue weighted by Gasteiger charge is -2.34. The smallest absolute Gasteiger partial charge is 0.246 e. The SMILES string of the molecule is O=C(Nc1ccc(Oc2ccccc2)cc1)[C@H]1[C@H]2C=C[C@]3(O2)[C@H](C(=O)NC2CCCCC2)N(Cc2ccc(F)cc2)C(=O)[C@@H]13. The van der Waals surface area contributed by atoms with Gasteiger partial charge in [-0.05, 0) is 66.9 Å². The molecule has 5 atom stereocenters. The van der Waals surface area contributed by atoms with Crippen molar-refractivity contribution in [1.29, 1.82) is 0 Å². The second-order valence-corrected chi connectivity index (χ2v) is 12.1. The summed E-state index contributed by atoms with van der Waals surface area (Å²) >= 11 is 0. The van der Waals surface area contributed by atoms with Gasteiger partial charge in [0.15, 0.2) is 0 Å². The molecule has 0 radical (unpaired) electrons. The van der Waals surface area contributed by atoms with Crippen LogP contribution < -0.4 is 15.4 Å². The summed E-state index contributed by atoms with van der Waals surface area (Å²) < 4.78 is 26.0. The number of hydrogen-bond donors (Lipinski definition) is 2. The Morgan fingerprint density at radius 3 is 2.34 bits per heavy atom. The van der Waals surface area contributed by atoms with Gasteiger partial charge in [-0.2, -0.15) is 0 Å². The number of amides is 3. The summed E-state index contributed by atoms with van der Waals surface area (Å²) in [6.45, 7) is 0.0964. The van der Waals surface area contributed by atoms with E-state index in [9.17, 15) is 18.8 Å². The molecule has 0 unspecified atom stereocenters. The van der Waals surface area contributed by atoms with Crippen LogP contribution in [0.2, 0.25) is 0 Å². The number of ether oxygens (including phenoxy) is 2. The van der Waals surface area contributed by atoms with Gasteiger partial charge >= 0.3 is 0 Å². The molecule has 2 bridgehead atoms. The first-order chi connectivity index (χ1) is 21.4. The van der Waals surface area contributed by atoms with Gasteiger partial charge in [-0.25, -0.2) is 4.39 Å². The first kappa shape index (κ1) is 28.3. The van der Waals surface area contributed by atoms with E-state index >= 15 is 0 Å². The molecule has 3 fully saturated rings. The molecular formula is C35H34FN3O5. The van der Waals surface area contributed by atoms with Crippen molar-refractivity contribution in [3.05, 3.63) is 102 Å². The largest absolute Gasteiger partial charge is 0.457 e. The molecule has 226 valence electrons. The maximum Gasteiger partial charge on any atom is 0.246 e. The molecule has 1 saturated carbocycles. The van der Waals surface area contributed by atoms with E-state index in [0.29, 0.717) is 22.7 Å². The zero-order chi connectivity index (χ0) is 30.3. The minimum absolute atomic E-state index is 0.0324. The molecule has 3 aromatic carbocycles. The summed E-state index contributed by atoms with van der Waals surface area (Å²) in [6, 6.07) is 21.4. The van der Waals surface area contributed by atoms with Crippen LogP contribution in [0.3, 0.4) is 0 Å². The van der Waals surface area contributed by atoms with Gasteiger partial charge < -0.3 is 25.0 Å². The molecule has 4 aliphatic rings. The Morgan fingerprint density at radius 2 is 1.61 bits per heavy atom. The van der Waals surface area contributed by atoms with E-state index in [1.165, 1.54) is 17.0 Å². The zero-order valence-electron chi connectivity index (χ0n) is 24.2. The second-order valence-electron chi connectivity index (χ2n) is 12.1. The maximum absolute atomic E-state index is 14.2. The predicted molar refractivity (Wildman–Crippen MR) is 161 cm³/mol. The molecule has 2 saturated heterocycles. The molecule has 1 spiro atoms. The van der Waals surface area contributed by atoms with Gasteiger partial charge in [0.2, 0.25) is 17.7 Å². The third-order valence-electron chi connectivity index (χ3n) is 9.24. The normalized spacial score (nSPS) is 27.3. The minimum atomic E-state index is -1.27. The summed E-state index contributed by atoms with van der Waals surface area (Å²) in [5.41, 5.74) is -0.0315. The number of nitrogens with one attached hydrogen (secondary N) is 2. The van der Waals surface area contributed by atoms with E-state index < -0.39 is 29.6 Å². The predicted octanol–water partition coefficient (Wildman–Crippen LogP) is 5.36. The molecular weight excluding hydrogens is 561 g/mol. The summed E-state index contributed by atoms with van der Waals surface area (Å²) in [4.78, 5) is 43.5. The van der Waals surface area contributed by atoms with Crippen molar-refractivity contribution in [3.8, 4) is 11.5 Å². The Bertz CT molecular complexity index is 1570. The molecule has 44 heavy (non-hydrogen) atoms. The highest BCUT2D eigenvalue weighted by Crippen LogP contribution is 2.55. The average molecular weight is 596 g/mol. The molecule has 2 N–H and O–H groups in total. The third kappa shape index (κ3) is 5.15. The van der Waals surface area contributed by atoms with Gasteiger partial charge in [-0.15, -0.1) is 0 Å². The average Bonchev–Trinajstić information content (AvgIpc) is 3.68. The van der Waals surface area contributed by atoms with Gasteiger partial charge in [0.05, 0.1) is 17.9 Å². The molecule has 3 aromatic rings. The Labute approximate surface area is 255 Å². The minimum Gasteiger partial charge on any atom is -0.457 e. The number of para-hydroxylation sites is 1. The highest BCUT2D eigenvalue weighted by molar-refractivity contribution is 6.02. The van der Waals surface area contributed by atoms with E-state index in [-0.39, 0.29) is 36.1 Å². The molecule has 8 nitrogen and oxygen atoms in total. The van der Waals surface area contributed by atoms with Crippen LogP contribution in [-0.2, 0) is 25.7 Å². The number of anilines is 1. The van der Waals surface area contributed by atoms with Crippen LogP contribution in [0.15, 0.2) is 91.0 Å². The fourth-order valence-electron chi connectivity index (χ4n) is 7.21. The van der Waals surface area contributed by atoms with E-state index in [1.54, 1.807) is 48.6 Å². The van der Waals surface area contributed by atoms with Crippen LogP contribution in [0.1, 0.15) is 37.7 Å². The summed E-state index contributed by atoms with van der Waals surface area (Å²) in [5, 5.41) is 6.13. The number of carbonyl (C=O) groups excluding carboxylic acids is 3. The van der Waals surface area contributed by atoms with Crippen LogP contribution in [0.4, 0.5) is 10.1 Å². The van der Waals surface area contributed by atoms with E-state index in [0.717, 1.165) is 32.1 Å². The third-order valence-corrected chi connectivity index (χ3v) is 9.24. The number of fused-ring (bicyclic) bond motifs is 1. The lowest BCUT2D eigenvalue weighted by atomic mass is 9.74. The molecule has 3 heterocycles. The molecule has 9 heteroatoms. The first-order valence-corrected chi connectivity index (χ1v) is 15.3. The first-order valence-electron chi connectivity index (χ1n) is 15.3. The molecule has 7 rings (SSSR count). The van der Waals surface area contributed by atoms with Gasteiger partial charge in [0.25, 0.3) is 0 Å². The van der Waals surface area contributed by atoms with Crippen molar-refractivity contribution in [2.75, 3.05) is 5.32 Å². The van der Waals surface area contributed by atoms with Crippen LogP contribution >= 0.6 is 0 Å². The number of rotatable bonds is 8. The standard InChI is InChI=1S/C35H34FN3O5/c36-23-13-11-22(12-14-23)21-39-31(33(41)38-24-7-3-1-4-8-24)35-20-19-28(44-35)29(30(35)34(39)42)32(40)37-25-15-17-27(18-16-25)43-26-9-5-2-6-10-26/h2,5-6,9-20,24,28-31H,1,3-4,7-8,21H2,(H,37,40)(H,38,41)/t28-,29+,30-,31+,35-/m1/s1. The Hall–Kier alpha value is -4.50. The van der Waals surface area contributed by atoms with E-state index in [2.05, 4.69) is 10.6 Å². The Morgan fingerprint density at radius 1 is 0.909 bits per heavy atom. The highest BCUT2D eigenvalue weighted by Gasteiger charge is 2.72. The van der Waals surface area contributed by atoms with Gasteiger partial charge in [-0.1, -0.05) is 61.7 Å². The molecule has 3 amide bonds. The highest BCUT2D eigenvalue weighted by atomic mass is 19.1. The fourth-order valence-corrected chi connectivity index (χ4v) is 7.21. The maximum atomic E-state index is 14.2. The van der Waals surface area contributed by atoms with Crippen molar-refractivity contribution in [2.45, 2.75) is 62.4 Å². The molecule has 3 aliphatic heterocycles. The van der Waals surface area contributed by atoms with Crippen molar-refractivity contribution >= 4 is 23.4 Å². The van der Waals surface area contributed by atoms with E-state index in [4.69, 9.17) is 9.47 Å². The van der Waals surface area contributed by atoms with Gasteiger partial charge in [-0.3, -0.25) is 14.4 Å². The van der Waals surface area contributed by atoms with Crippen molar-refractivity contribution < 1.29 is 28.2 Å². The van der Waals surface area contributed by atoms with Crippen LogP contribution in [0, 0.1) is 17.7 Å². The van der Waals surface area contributed by atoms with Crippen molar-refractivity contribution in [1.82, 2.24) is 10.2 Å². The van der Waals surface area contributed by atoms with Crippen molar-refractivity contribution in [3.63, 3.8) is 0 Å². The Kier molecular flexibility index (Phi) is 7.42. The molecule has 1 aliphatic carbocycles. The van der Waals surface area contributed by atoms with Gasteiger partial charge in [0.1, 0.15) is 29.0 Å². The van der Waals surface area contributed by atoms with Crippen LogP contribution in [-0.4, -0.2) is 46.4 Å². The Balaban J connectivity index is 1.13. The molecule has 0 aromatic heterocycles. The summed E-state index contributed by atoms with van der Waals surface area (Å²) in [6.07, 6.45) is 7.97. The zero-order valence-corrected chi connectivity index (χ0v) is 24.2. The number of hydrogen-bond acceptors (Lipinski definition) is 5. The lowest BCUT2D eigenvalue weighted by Crippen LogP contribution is -2.56. The monoisotopic (exact) mass is 595 g/mol. The number of nitrogens with zero attached hydrogens (tertiary/aromatic N) is 1. The van der Waals surface area contributed by atoms with E-state index in [1.807, 2.05) is 30.3 Å². The number of benzene rings is 3. The number of halogens is 1. The summed E-state index contributed by atoms with van der Waals surface area (Å²) in [7, 11) is 0. The second kappa shape index (κ2) is 11.5. The topological polar surface area (TPSA) is 97.0 Å². The number of likely N-dealkylation sites (tertiary alicyclic amines) is 1. The van der Waals surface area contributed by atoms with Crippen molar-refractivity contribution in [2.24, 2.45) is 11.8 Å². The lowest BCUT2D eigenvalue weighted by molar-refractivity contribution is -0.142. The fraction of sp³-hybridized carbons (Fsp3) is 0.343. The summed E-state index contributed by atoms with van der Waals surface area (Å²) in [5.74, 6) is -1.72.